The summed E-state index contributed by atoms with van der Waals surface area (Å²) in [6, 6.07) is 24.3. The first-order valence-electron chi connectivity index (χ1n) is 25.7. The Morgan fingerprint density at radius 3 is 2.19 bits per heavy atom. The molecular weight excluding hydrogens is 1000 g/mol. The molecule has 1 aromatic heterocycles. The van der Waals surface area contributed by atoms with Gasteiger partial charge in [-0.25, -0.2) is 18.0 Å². The molecular formula is C54H70N8O9S3. The lowest BCUT2D eigenvalue weighted by atomic mass is 9.90. The summed E-state index contributed by atoms with van der Waals surface area (Å²) in [6.07, 6.45) is 4.46. The lowest BCUT2D eigenvalue weighted by Crippen LogP contribution is -2.50. The van der Waals surface area contributed by atoms with Gasteiger partial charge in [0.1, 0.15) is 35.5 Å². The van der Waals surface area contributed by atoms with Gasteiger partial charge in [0.15, 0.2) is 0 Å². The second kappa shape index (κ2) is 28.6. The minimum Gasteiger partial charge on any atom is -0.748 e. The van der Waals surface area contributed by atoms with Crippen LogP contribution in [0.1, 0.15) is 89.4 Å². The highest BCUT2D eigenvalue weighted by Gasteiger charge is 2.29. The van der Waals surface area contributed by atoms with Crippen LogP contribution in [0.5, 0.6) is 0 Å². The van der Waals surface area contributed by atoms with Crippen LogP contribution in [0.25, 0.3) is 33.4 Å². The van der Waals surface area contributed by atoms with Crippen molar-refractivity contribution >= 4 is 77.9 Å². The molecule has 3 aliphatic rings. The molecule has 1 saturated heterocycles. The van der Waals surface area contributed by atoms with Crippen LogP contribution in [-0.2, 0) is 29.3 Å². The van der Waals surface area contributed by atoms with Gasteiger partial charge in [-0.05, 0) is 106 Å². The zero-order valence-electron chi connectivity index (χ0n) is 42.9. The van der Waals surface area contributed by atoms with Crippen LogP contribution in [0, 0.1) is 0 Å². The number of nitrogens with zero attached hydrogens (tertiary/aromatic N) is 5. The molecule has 0 spiro atoms. The smallest absolute Gasteiger partial charge is 0.254 e. The lowest BCUT2D eigenvalue weighted by molar-refractivity contribution is -0.133. The van der Waals surface area contributed by atoms with Gasteiger partial charge in [-0.15, -0.1) is 0 Å². The normalized spacial score (nSPS) is 13.1. The second-order valence-corrected chi connectivity index (χ2v) is 21.9. The second-order valence-electron chi connectivity index (χ2n) is 18.0. The fourth-order valence-corrected chi connectivity index (χ4v) is 11.5. The highest BCUT2D eigenvalue weighted by molar-refractivity contribution is 8.76. The number of piperazine rings is 1. The maximum absolute atomic E-state index is 14.5. The Balaban J connectivity index is 0.961. The topological polar surface area (TPSA) is 217 Å². The van der Waals surface area contributed by atoms with Crippen molar-refractivity contribution in [1.82, 2.24) is 35.3 Å². The Bertz CT molecular complexity index is 2850. The minimum atomic E-state index is -4.86. The Kier molecular flexibility index (Phi) is 22.2. The van der Waals surface area contributed by atoms with Gasteiger partial charge in [0, 0.05) is 123 Å². The molecule has 20 heteroatoms. The number of hydrogen-bond donors (Lipinski definition) is 3. The molecule has 74 heavy (non-hydrogen) atoms. The Morgan fingerprint density at radius 2 is 1.47 bits per heavy atom. The molecule has 3 N–H and O–H groups in total. The quantitative estimate of drug-likeness (QED) is 0.0172. The summed E-state index contributed by atoms with van der Waals surface area (Å²) in [4.78, 5) is 75.8. The molecule has 1 aliphatic carbocycles. The fourth-order valence-electron chi connectivity index (χ4n) is 9.06. The molecule has 3 aromatic rings. The van der Waals surface area contributed by atoms with E-state index in [9.17, 15) is 36.9 Å². The van der Waals surface area contributed by atoms with Crippen molar-refractivity contribution < 1.29 is 41.4 Å². The van der Waals surface area contributed by atoms with Gasteiger partial charge in [-0.2, -0.15) is 0 Å². The maximum atomic E-state index is 14.5. The average molecular weight is 1070 g/mol. The number of carbonyl (C=O) groups is 5. The van der Waals surface area contributed by atoms with E-state index in [0.29, 0.717) is 70.4 Å². The minimum absolute atomic E-state index is 0.0753. The monoisotopic (exact) mass is 1070 g/mol. The summed E-state index contributed by atoms with van der Waals surface area (Å²) in [5.41, 5.74) is 4.94. The number of pyridine rings is 1. The number of rotatable bonds is 27. The third-order valence-corrected chi connectivity index (χ3v) is 16.0. The van der Waals surface area contributed by atoms with Crippen LogP contribution < -0.4 is 30.8 Å². The predicted octanol–water partition coefficient (Wildman–Crippen LogP) is 6.37. The summed E-state index contributed by atoms with van der Waals surface area (Å²) in [5, 5.41) is 10.7. The number of anilines is 1. The standard InChI is InChI=1S/C54H70N8O9S3/c1-5-59(6-2)39-24-26-43-46(36-39)71-47-37-40(60(7-3)8-4)25-27-44(47)52(43)41-18-11-12-19-42(41)54(67)62-33-31-61(32-34-62)51(65)23-14-13-21-49(64)58-45(38-74(68,69)70)53(66)57-29-16-9-10-20-48(63)55-30-35-72-73-50-22-15-17-28-56-50/h11-12,15,17-19,22,24-28,36-37,45H,5-10,13-14,16,20-21,23,29-35,38H2,1-4H3,(H3-,55,57,58,63,64,66,68,69,70). The molecule has 5 amide bonds. The van der Waals surface area contributed by atoms with Crippen LogP contribution in [0.15, 0.2) is 94.5 Å². The first-order valence-corrected chi connectivity index (χ1v) is 29.6. The molecule has 1 unspecified atom stereocenters. The lowest BCUT2D eigenvalue weighted by Gasteiger charge is -2.35. The molecule has 3 heterocycles. The van der Waals surface area contributed by atoms with Crippen LogP contribution in [0.2, 0.25) is 0 Å². The Hall–Kier alpha value is -5.96. The van der Waals surface area contributed by atoms with Gasteiger partial charge in [0.05, 0.1) is 21.9 Å². The number of benzene rings is 3. The molecule has 1 atom stereocenters. The molecule has 0 radical (unpaired) electrons. The number of carbonyl (C=O) groups excluding carboxylic acids is 5. The maximum Gasteiger partial charge on any atom is 0.254 e. The number of fused-ring (bicyclic) bond motifs is 2. The molecule has 1 fully saturated rings. The highest BCUT2D eigenvalue weighted by atomic mass is 33.1. The van der Waals surface area contributed by atoms with Gasteiger partial charge in [-0.3, -0.25) is 24.0 Å². The molecule has 2 aliphatic heterocycles. The van der Waals surface area contributed by atoms with Gasteiger partial charge in [-0.1, -0.05) is 41.5 Å². The molecule has 0 bridgehead atoms. The van der Waals surface area contributed by atoms with Gasteiger partial charge in [0.2, 0.25) is 29.0 Å². The van der Waals surface area contributed by atoms with Crippen molar-refractivity contribution in [2.45, 2.75) is 90.1 Å². The number of hydrogen-bond acceptors (Lipinski definition) is 13. The molecule has 0 saturated carbocycles. The van der Waals surface area contributed by atoms with E-state index in [1.807, 2.05) is 42.5 Å². The number of unbranched alkanes of at least 4 members (excludes halogenated alkanes) is 3. The van der Waals surface area contributed by atoms with Crippen molar-refractivity contribution in [3.63, 3.8) is 0 Å². The van der Waals surface area contributed by atoms with E-state index in [1.54, 1.807) is 37.6 Å². The molecule has 398 valence electrons. The zero-order chi connectivity index (χ0) is 53.0. The van der Waals surface area contributed by atoms with Crippen LogP contribution >= 0.6 is 21.6 Å². The number of nitrogens with one attached hydrogen (secondary N) is 3. The van der Waals surface area contributed by atoms with Crippen molar-refractivity contribution in [2.24, 2.45) is 0 Å². The summed E-state index contributed by atoms with van der Waals surface area (Å²) in [7, 11) is -1.72. The van der Waals surface area contributed by atoms with Crippen LogP contribution in [0.3, 0.4) is 0 Å². The SMILES string of the molecule is CCN(CC)c1ccc2c(-c3ccccc3C(=O)N3CCN(C(=O)CCCCC(=O)NC(CS(=O)(=O)[O-])C(=O)NCCCCCC(=O)NCCSSc4ccccn4)CC3)c3ccc(=[N+](CC)CC)cc-3oc2c1. The van der Waals surface area contributed by atoms with E-state index in [1.165, 1.54) is 0 Å². The van der Waals surface area contributed by atoms with Gasteiger partial charge >= 0.3 is 0 Å². The van der Waals surface area contributed by atoms with E-state index in [0.717, 1.165) is 81.4 Å². The van der Waals surface area contributed by atoms with E-state index < -0.39 is 33.7 Å². The van der Waals surface area contributed by atoms with Gasteiger partial charge in [0.25, 0.3) is 5.91 Å². The Morgan fingerprint density at radius 1 is 0.770 bits per heavy atom. The van der Waals surface area contributed by atoms with Crippen molar-refractivity contribution in [2.75, 3.05) is 81.9 Å². The van der Waals surface area contributed by atoms with Crippen molar-refractivity contribution in [3.8, 4) is 22.5 Å². The highest BCUT2D eigenvalue weighted by Crippen LogP contribution is 2.42. The summed E-state index contributed by atoms with van der Waals surface area (Å²) < 4.78 is 43.9. The van der Waals surface area contributed by atoms with Crippen molar-refractivity contribution in [3.05, 3.63) is 96.0 Å². The van der Waals surface area contributed by atoms with Gasteiger partial charge < -0.3 is 39.6 Å². The zero-order valence-corrected chi connectivity index (χ0v) is 45.4. The van der Waals surface area contributed by atoms with Crippen LogP contribution in [-0.4, -0.2) is 140 Å². The molecule has 17 nitrogen and oxygen atoms in total. The summed E-state index contributed by atoms with van der Waals surface area (Å²) in [6.45, 7) is 13.9. The molecule has 2 aromatic carbocycles. The Labute approximate surface area is 442 Å². The van der Waals surface area contributed by atoms with Crippen LogP contribution in [0.4, 0.5) is 5.69 Å². The number of amides is 5. The largest absolute Gasteiger partial charge is 0.748 e. The van der Waals surface area contributed by atoms with E-state index >= 15 is 0 Å². The van der Waals surface area contributed by atoms with E-state index in [-0.39, 0.29) is 43.5 Å². The fraction of sp³-hybridized carbons (Fsp3) is 0.463. The van der Waals surface area contributed by atoms with E-state index in [2.05, 4.69) is 94.5 Å². The number of aromatic nitrogens is 1. The van der Waals surface area contributed by atoms with E-state index in [4.69, 9.17) is 4.42 Å². The predicted molar refractivity (Wildman–Crippen MR) is 293 cm³/mol. The first kappa shape index (κ1) is 57.3. The average Bonchev–Trinajstić information content (AvgIpc) is 3.40. The summed E-state index contributed by atoms with van der Waals surface area (Å²) in [5.74, 6) is -1.39. The third kappa shape index (κ3) is 16.5. The molecule has 6 rings (SSSR count). The van der Waals surface area contributed by atoms with Crippen molar-refractivity contribution in [1.29, 1.82) is 0 Å². The summed E-state index contributed by atoms with van der Waals surface area (Å²) >= 11 is 0. The first-order chi connectivity index (χ1) is 35.7. The third-order valence-electron chi connectivity index (χ3n) is 13.0.